The van der Waals surface area contributed by atoms with E-state index in [1.54, 1.807) is 31.2 Å². The van der Waals surface area contributed by atoms with Crippen LogP contribution < -0.4 is 4.72 Å². The van der Waals surface area contributed by atoms with E-state index in [-0.39, 0.29) is 16.8 Å². The second-order valence-corrected chi connectivity index (χ2v) is 10.6. The highest BCUT2D eigenvalue weighted by molar-refractivity contribution is 7.89. The maximum Gasteiger partial charge on any atom is 0.240 e. The second kappa shape index (κ2) is 11.6. The Morgan fingerprint density at radius 1 is 0.829 bits per heavy atom. The number of benzene rings is 3. The van der Waals surface area contributed by atoms with Gasteiger partial charge in [0.1, 0.15) is 0 Å². The standard InChI is InChI=1S/C28H33N3O3S/c1-2-29-35(33,34)26-16-13-23(14-17-26)15-18-27(32)30-19-21-31(22-20-30)28(24-9-5-3-6-10-24)25-11-7-4-8-12-25/h3-14,16-17,28-29H,2,15,18-22H2,1H3. The first-order valence-electron chi connectivity index (χ1n) is 12.2. The third kappa shape index (κ3) is 6.36. The van der Waals surface area contributed by atoms with Gasteiger partial charge in [0.2, 0.25) is 15.9 Å². The SMILES string of the molecule is CCNS(=O)(=O)c1ccc(CCC(=O)N2CCN(C(c3ccccc3)c3ccccc3)CC2)cc1. The Morgan fingerprint density at radius 2 is 1.37 bits per heavy atom. The van der Waals surface area contributed by atoms with Gasteiger partial charge in [-0.25, -0.2) is 13.1 Å². The van der Waals surface area contributed by atoms with Gasteiger partial charge in [0, 0.05) is 39.1 Å². The fourth-order valence-corrected chi connectivity index (χ4v) is 5.67. The number of hydrogen-bond acceptors (Lipinski definition) is 4. The summed E-state index contributed by atoms with van der Waals surface area (Å²) >= 11 is 0. The third-order valence-corrected chi connectivity index (χ3v) is 8.02. The predicted molar refractivity (Wildman–Crippen MR) is 139 cm³/mol. The monoisotopic (exact) mass is 491 g/mol. The van der Waals surface area contributed by atoms with Crippen molar-refractivity contribution in [3.05, 3.63) is 102 Å². The summed E-state index contributed by atoms with van der Waals surface area (Å²) in [6.45, 7) is 5.14. The third-order valence-electron chi connectivity index (χ3n) is 6.46. The molecule has 0 aliphatic carbocycles. The van der Waals surface area contributed by atoms with Crippen LogP contribution in [0.4, 0.5) is 0 Å². The van der Waals surface area contributed by atoms with E-state index in [9.17, 15) is 13.2 Å². The van der Waals surface area contributed by atoms with Gasteiger partial charge in [-0.1, -0.05) is 79.7 Å². The largest absolute Gasteiger partial charge is 0.340 e. The number of hydrogen-bond donors (Lipinski definition) is 1. The molecular formula is C28H33N3O3S. The second-order valence-electron chi connectivity index (χ2n) is 8.79. The lowest BCUT2D eigenvalue weighted by atomic mass is 9.96. The van der Waals surface area contributed by atoms with Crippen molar-refractivity contribution >= 4 is 15.9 Å². The smallest absolute Gasteiger partial charge is 0.240 e. The van der Waals surface area contributed by atoms with Gasteiger partial charge < -0.3 is 4.90 Å². The number of amides is 1. The molecule has 184 valence electrons. The molecule has 1 heterocycles. The van der Waals surface area contributed by atoms with E-state index in [4.69, 9.17) is 0 Å². The Bertz CT molecular complexity index is 1150. The number of carbonyl (C=O) groups excluding carboxylic acids is 1. The van der Waals surface area contributed by atoms with Gasteiger partial charge in [0.05, 0.1) is 10.9 Å². The molecule has 0 bridgehead atoms. The number of aryl methyl sites for hydroxylation is 1. The molecule has 3 aromatic rings. The highest BCUT2D eigenvalue weighted by atomic mass is 32.2. The van der Waals surface area contributed by atoms with Gasteiger partial charge in [-0.3, -0.25) is 9.69 Å². The highest BCUT2D eigenvalue weighted by Gasteiger charge is 2.28. The summed E-state index contributed by atoms with van der Waals surface area (Å²) in [6.07, 6.45) is 1.01. The van der Waals surface area contributed by atoms with Gasteiger partial charge in [-0.15, -0.1) is 0 Å². The maximum absolute atomic E-state index is 12.9. The van der Waals surface area contributed by atoms with E-state index in [0.717, 1.165) is 18.7 Å². The molecule has 0 radical (unpaired) electrons. The zero-order chi connectivity index (χ0) is 24.7. The van der Waals surface area contributed by atoms with Crippen molar-refractivity contribution in [3.63, 3.8) is 0 Å². The molecule has 0 saturated carbocycles. The fourth-order valence-electron chi connectivity index (χ4n) is 4.63. The summed E-state index contributed by atoms with van der Waals surface area (Å²) in [6, 6.07) is 28.0. The fraction of sp³-hybridized carbons (Fsp3) is 0.321. The lowest BCUT2D eigenvalue weighted by Crippen LogP contribution is -2.49. The normalized spacial score (nSPS) is 14.9. The minimum Gasteiger partial charge on any atom is -0.340 e. The van der Waals surface area contributed by atoms with E-state index in [1.165, 1.54) is 11.1 Å². The van der Waals surface area contributed by atoms with Crippen LogP contribution >= 0.6 is 0 Å². The maximum atomic E-state index is 12.9. The summed E-state index contributed by atoms with van der Waals surface area (Å²) < 4.78 is 26.7. The molecule has 1 aliphatic rings. The molecule has 0 atom stereocenters. The zero-order valence-corrected chi connectivity index (χ0v) is 21.0. The Hall–Kier alpha value is -3.00. The number of carbonyl (C=O) groups is 1. The van der Waals surface area contributed by atoms with Crippen LogP contribution in [0.25, 0.3) is 0 Å². The summed E-state index contributed by atoms with van der Waals surface area (Å²) in [7, 11) is -3.46. The molecule has 0 spiro atoms. The van der Waals surface area contributed by atoms with Gasteiger partial charge in [-0.2, -0.15) is 0 Å². The van der Waals surface area contributed by atoms with Gasteiger partial charge in [-0.05, 0) is 35.2 Å². The molecule has 0 unspecified atom stereocenters. The van der Waals surface area contributed by atoms with E-state index >= 15 is 0 Å². The first kappa shape index (κ1) is 25.1. The molecule has 7 heteroatoms. The molecular weight excluding hydrogens is 458 g/mol. The van der Waals surface area contributed by atoms with Crippen molar-refractivity contribution in [1.82, 2.24) is 14.5 Å². The van der Waals surface area contributed by atoms with Gasteiger partial charge in [0.15, 0.2) is 0 Å². The van der Waals surface area contributed by atoms with E-state index in [1.807, 2.05) is 17.0 Å². The van der Waals surface area contributed by atoms with Crippen molar-refractivity contribution < 1.29 is 13.2 Å². The van der Waals surface area contributed by atoms with Crippen molar-refractivity contribution in [3.8, 4) is 0 Å². The Kier molecular flexibility index (Phi) is 8.33. The minimum absolute atomic E-state index is 0.143. The van der Waals surface area contributed by atoms with Crippen LogP contribution in [0.3, 0.4) is 0 Å². The van der Waals surface area contributed by atoms with Gasteiger partial charge in [0.25, 0.3) is 0 Å². The van der Waals surface area contributed by atoms with Crippen LogP contribution in [0.15, 0.2) is 89.8 Å². The topological polar surface area (TPSA) is 69.7 Å². The average Bonchev–Trinajstić information content (AvgIpc) is 2.89. The van der Waals surface area contributed by atoms with Crippen molar-refractivity contribution in [2.45, 2.75) is 30.7 Å². The quantitative estimate of drug-likeness (QED) is 0.494. The molecule has 1 fully saturated rings. The molecule has 1 saturated heterocycles. The van der Waals surface area contributed by atoms with Crippen LogP contribution in [-0.2, 0) is 21.2 Å². The molecule has 3 aromatic carbocycles. The van der Waals surface area contributed by atoms with E-state index in [2.05, 4.69) is 58.2 Å². The molecule has 35 heavy (non-hydrogen) atoms. The van der Waals surface area contributed by atoms with Crippen LogP contribution in [-0.4, -0.2) is 56.8 Å². The zero-order valence-electron chi connectivity index (χ0n) is 20.1. The molecule has 0 aromatic heterocycles. The summed E-state index contributed by atoms with van der Waals surface area (Å²) in [5, 5.41) is 0. The van der Waals surface area contributed by atoms with Crippen molar-refractivity contribution in [1.29, 1.82) is 0 Å². The highest BCUT2D eigenvalue weighted by Crippen LogP contribution is 2.29. The molecule has 4 rings (SSSR count). The Labute approximate surface area is 208 Å². The first-order chi connectivity index (χ1) is 17.0. The van der Waals surface area contributed by atoms with Gasteiger partial charge >= 0.3 is 0 Å². The lowest BCUT2D eigenvalue weighted by Gasteiger charge is -2.40. The first-order valence-corrected chi connectivity index (χ1v) is 13.7. The molecule has 1 N–H and O–H groups in total. The number of sulfonamides is 1. The Morgan fingerprint density at radius 3 is 1.89 bits per heavy atom. The van der Waals surface area contributed by atoms with Crippen molar-refractivity contribution in [2.24, 2.45) is 0 Å². The van der Waals surface area contributed by atoms with Crippen LogP contribution in [0.5, 0.6) is 0 Å². The Balaban J connectivity index is 1.34. The minimum atomic E-state index is -3.46. The predicted octanol–water partition coefficient (Wildman–Crippen LogP) is 3.85. The van der Waals surface area contributed by atoms with Crippen LogP contribution in [0.2, 0.25) is 0 Å². The lowest BCUT2D eigenvalue weighted by molar-refractivity contribution is -0.133. The number of nitrogens with zero attached hydrogens (tertiary/aromatic N) is 2. The van der Waals surface area contributed by atoms with E-state index < -0.39 is 10.0 Å². The summed E-state index contributed by atoms with van der Waals surface area (Å²) in [5.41, 5.74) is 3.48. The number of rotatable bonds is 9. The molecule has 1 aliphatic heterocycles. The molecule has 6 nitrogen and oxygen atoms in total. The average molecular weight is 492 g/mol. The van der Waals surface area contributed by atoms with Crippen LogP contribution in [0, 0.1) is 0 Å². The molecule has 1 amide bonds. The summed E-state index contributed by atoms with van der Waals surface area (Å²) in [5.74, 6) is 0.143. The van der Waals surface area contributed by atoms with Crippen LogP contribution in [0.1, 0.15) is 36.1 Å². The summed E-state index contributed by atoms with van der Waals surface area (Å²) in [4.78, 5) is 17.6. The number of nitrogens with one attached hydrogen (secondary N) is 1. The van der Waals surface area contributed by atoms with Crippen molar-refractivity contribution in [2.75, 3.05) is 32.7 Å². The number of piperazine rings is 1. The van der Waals surface area contributed by atoms with E-state index in [0.29, 0.717) is 32.5 Å².